The number of aliphatic hydroxyl groups is 1. The van der Waals surface area contributed by atoms with Crippen molar-refractivity contribution >= 4 is 16.5 Å². The fourth-order valence-corrected chi connectivity index (χ4v) is 2.47. The molecule has 1 heterocycles. The molecule has 0 saturated carbocycles. The number of hydrogen-bond acceptors (Lipinski definition) is 4. The molecule has 0 aliphatic heterocycles. The fourth-order valence-electron chi connectivity index (χ4n) is 1.72. The van der Waals surface area contributed by atoms with Gasteiger partial charge in [0.25, 0.3) is 0 Å². The Kier molecular flexibility index (Phi) is 3.17. The maximum Gasteiger partial charge on any atom is 0.180 e. The number of aromatic nitrogens is 1. The Morgan fingerprint density at radius 2 is 2.00 bits per heavy atom. The zero-order valence-corrected chi connectivity index (χ0v) is 10.8. The Morgan fingerprint density at radius 3 is 2.47 bits per heavy atom. The van der Waals surface area contributed by atoms with Crippen molar-refractivity contribution in [3.63, 3.8) is 0 Å². The highest BCUT2D eigenvalue weighted by molar-refractivity contribution is 7.15. The van der Waals surface area contributed by atoms with Gasteiger partial charge < -0.3 is 10.8 Å². The number of nitrogens with two attached hydrogens (primary N) is 1. The van der Waals surface area contributed by atoms with Gasteiger partial charge >= 0.3 is 0 Å². The summed E-state index contributed by atoms with van der Waals surface area (Å²) >= 11 is 1.32. The summed E-state index contributed by atoms with van der Waals surface area (Å²) in [4.78, 5) is 4.74. The lowest BCUT2D eigenvalue weighted by Gasteiger charge is -2.22. The van der Waals surface area contributed by atoms with Crippen molar-refractivity contribution in [3.8, 4) is 0 Å². The number of rotatable bonds is 3. The highest BCUT2D eigenvalue weighted by atomic mass is 32.1. The number of hydrogen-bond donors (Lipinski definition) is 2. The van der Waals surface area contributed by atoms with Gasteiger partial charge in [-0.2, -0.15) is 0 Å². The first-order valence-corrected chi connectivity index (χ1v) is 6.39. The minimum Gasteiger partial charge on any atom is -0.380 e. The Balaban J connectivity index is 2.36. The topological polar surface area (TPSA) is 59.1 Å². The molecule has 90 valence electrons. The molecule has 3 nitrogen and oxygen atoms in total. The average Bonchev–Trinajstić information content (AvgIpc) is 2.77. The van der Waals surface area contributed by atoms with Gasteiger partial charge in [-0.3, -0.25) is 0 Å². The van der Waals surface area contributed by atoms with Gasteiger partial charge in [0, 0.05) is 6.20 Å². The molecule has 17 heavy (non-hydrogen) atoms. The summed E-state index contributed by atoms with van der Waals surface area (Å²) < 4.78 is 0. The summed E-state index contributed by atoms with van der Waals surface area (Å²) in [7, 11) is 0. The molecular formula is C13H16N2OS. The molecule has 0 radical (unpaired) electrons. The minimum absolute atomic E-state index is 0.477. The molecule has 1 atom stereocenters. The molecule has 2 rings (SSSR count). The van der Waals surface area contributed by atoms with Crippen LogP contribution >= 0.6 is 11.3 Å². The van der Waals surface area contributed by atoms with E-state index in [4.69, 9.17) is 5.73 Å². The van der Waals surface area contributed by atoms with Crippen LogP contribution in [-0.4, -0.2) is 10.1 Å². The van der Waals surface area contributed by atoms with Crippen LogP contribution < -0.4 is 5.73 Å². The predicted molar refractivity (Wildman–Crippen MR) is 71.0 cm³/mol. The predicted octanol–water partition coefficient (Wildman–Crippen LogP) is 2.54. The van der Waals surface area contributed by atoms with Gasteiger partial charge in [-0.15, -0.1) is 0 Å². The molecule has 0 fully saturated rings. The molecule has 0 aliphatic carbocycles. The first-order valence-electron chi connectivity index (χ1n) is 5.57. The van der Waals surface area contributed by atoms with Crippen molar-refractivity contribution in [1.82, 2.24) is 4.98 Å². The third-order valence-electron chi connectivity index (χ3n) is 2.93. The van der Waals surface area contributed by atoms with Gasteiger partial charge in [0.1, 0.15) is 5.60 Å². The molecule has 4 heteroatoms. The molecule has 0 bridgehead atoms. The molecule has 2 aromatic rings. The van der Waals surface area contributed by atoms with Crippen LogP contribution in [0.2, 0.25) is 0 Å². The Morgan fingerprint density at radius 1 is 1.35 bits per heavy atom. The van der Waals surface area contributed by atoms with Crippen molar-refractivity contribution in [2.75, 3.05) is 5.73 Å². The van der Waals surface area contributed by atoms with Gasteiger partial charge in [-0.05, 0) is 24.5 Å². The number of nitrogen functional groups attached to an aromatic ring is 1. The molecule has 0 amide bonds. The van der Waals surface area contributed by atoms with E-state index in [1.54, 1.807) is 13.1 Å². The van der Waals surface area contributed by atoms with E-state index in [1.165, 1.54) is 16.9 Å². The van der Waals surface area contributed by atoms with Crippen LogP contribution in [0.4, 0.5) is 5.13 Å². The van der Waals surface area contributed by atoms with Crippen molar-refractivity contribution in [2.24, 2.45) is 0 Å². The van der Waals surface area contributed by atoms with Crippen LogP contribution in [0.5, 0.6) is 0 Å². The van der Waals surface area contributed by atoms with Gasteiger partial charge in [-0.25, -0.2) is 4.98 Å². The smallest absolute Gasteiger partial charge is 0.180 e. The number of anilines is 1. The maximum absolute atomic E-state index is 10.5. The average molecular weight is 248 g/mol. The second-order valence-corrected chi connectivity index (χ2v) is 5.25. The van der Waals surface area contributed by atoms with Gasteiger partial charge in [0.15, 0.2) is 5.13 Å². The standard InChI is InChI=1S/C13H16N2OS/c1-3-9-4-6-10(7-5-9)13(2,16)11-8-15-12(14)17-11/h4-8,16H,3H2,1-2H3,(H2,14,15). The van der Waals surface area contributed by atoms with Crippen molar-refractivity contribution in [2.45, 2.75) is 25.9 Å². The zero-order valence-electron chi connectivity index (χ0n) is 9.97. The second-order valence-electron chi connectivity index (χ2n) is 4.19. The summed E-state index contributed by atoms with van der Waals surface area (Å²) in [6, 6.07) is 7.98. The second kappa shape index (κ2) is 4.47. The summed E-state index contributed by atoms with van der Waals surface area (Å²) in [6.45, 7) is 3.87. The van der Waals surface area contributed by atoms with Crippen LogP contribution in [-0.2, 0) is 12.0 Å². The van der Waals surface area contributed by atoms with E-state index in [9.17, 15) is 5.11 Å². The van der Waals surface area contributed by atoms with E-state index in [0.29, 0.717) is 5.13 Å². The third-order valence-corrected chi connectivity index (χ3v) is 3.97. The Hall–Kier alpha value is -1.39. The lowest BCUT2D eigenvalue weighted by molar-refractivity contribution is 0.106. The number of benzene rings is 1. The van der Waals surface area contributed by atoms with Gasteiger partial charge in [0.2, 0.25) is 0 Å². The van der Waals surface area contributed by atoms with E-state index in [2.05, 4.69) is 11.9 Å². The van der Waals surface area contributed by atoms with E-state index in [0.717, 1.165) is 16.9 Å². The van der Waals surface area contributed by atoms with Crippen LogP contribution in [0.15, 0.2) is 30.5 Å². The monoisotopic (exact) mass is 248 g/mol. The highest BCUT2D eigenvalue weighted by Gasteiger charge is 2.27. The number of thiazole rings is 1. The molecule has 1 unspecified atom stereocenters. The molecule has 0 saturated heterocycles. The zero-order chi connectivity index (χ0) is 12.5. The molecule has 1 aromatic heterocycles. The summed E-state index contributed by atoms with van der Waals surface area (Å²) in [5.41, 5.74) is 6.69. The van der Waals surface area contributed by atoms with E-state index < -0.39 is 5.60 Å². The molecule has 1 aromatic carbocycles. The van der Waals surface area contributed by atoms with E-state index in [1.807, 2.05) is 24.3 Å². The molecule has 0 aliphatic rings. The summed E-state index contributed by atoms with van der Waals surface area (Å²) in [6.07, 6.45) is 2.63. The molecule has 3 N–H and O–H groups in total. The summed E-state index contributed by atoms with van der Waals surface area (Å²) in [5.74, 6) is 0. The largest absolute Gasteiger partial charge is 0.380 e. The summed E-state index contributed by atoms with van der Waals surface area (Å²) in [5, 5.41) is 11.0. The lowest BCUT2D eigenvalue weighted by Crippen LogP contribution is -2.21. The molecule has 0 spiro atoms. The van der Waals surface area contributed by atoms with Crippen LogP contribution in [0.1, 0.15) is 29.9 Å². The highest BCUT2D eigenvalue weighted by Crippen LogP contribution is 2.33. The van der Waals surface area contributed by atoms with Crippen molar-refractivity contribution in [3.05, 3.63) is 46.5 Å². The molecular weight excluding hydrogens is 232 g/mol. The van der Waals surface area contributed by atoms with Crippen molar-refractivity contribution < 1.29 is 5.11 Å². The van der Waals surface area contributed by atoms with Crippen LogP contribution in [0.3, 0.4) is 0 Å². The minimum atomic E-state index is -1.03. The number of nitrogens with zero attached hydrogens (tertiary/aromatic N) is 1. The fraction of sp³-hybridized carbons (Fsp3) is 0.308. The van der Waals surface area contributed by atoms with E-state index >= 15 is 0 Å². The SMILES string of the molecule is CCc1ccc(C(C)(O)c2cnc(N)s2)cc1. The van der Waals surface area contributed by atoms with Gasteiger partial charge in [0.05, 0.1) is 4.88 Å². The van der Waals surface area contributed by atoms with Crippen LogP contribution in [0, 0.1) is 0 Å². The lowest BCUT2D eigenvalue weighted by atomic mass is 9.94. The van der Waals surface area contributed by atoms with Crippen molar-refractivity contribution in [1.29, 1.82) is 0 Å². The first kappa shape index (κ1) is 12.1. The Labute approximate surface area is 105 Å². The maximum atomic E-state index is 10.5. The Bertz CT molecular complexity index is 502. The third kappa shape index (κ3) is 2.33. The number of aryl methyl sites for hydroxylation is 1. The van der Waals surface area contributed by atoms with E-state index in [-0.39, 0.29) is 0 Å². The normalized spacial score (nSPS) is 14.5. The first-order chi connectivity index (χ1) is 8.04. The van der Waals surface area contributed by atoms with Crippen LogP contribution in [0.25, 0.3) is 0 Å². The van der Waals surface area contributed by atoms with Gasteiger partial charge in [-0.1, -0.05) is 42.5 Å². The quantitative estimate of drug-likeness (QED) is 0.877.